The van der Waals surface area contributed by atoms with E-state index in [9.17, 15) is 4.79 Å². The van der Waals surface area contributed by atoms with Crippen LogP contribution in [-0.4, -0.2) is 38.7 Å². The summed E-state index contributed by atoms with van der Waals surface area (Å²) in [7, 11) is 0. The van der Waals surface area contributed by atoms with Gasteiger partial charge in [-0.1, -0.05) is 31.3 Å². The molecule has 20 heavy (non-hydrogen) atoms. The van der Waals surface area contributed by atoms with Gasteiger partial charge in [0.15, 0.2) is 5.82 Å². The Morgan fingerprint density at radius 1 is 1.45 bits per heavy atom. The lowest BCUT2D eigenvalue weighted by Gasteiger charge is -2.25. The largest absolute Gasteiger partial charge is 0.480 e. The Kier molecular flexibility index (Phi) is 5.52. The molecule has 1 aliphatic carbocycles. The van der Waals surface area contributed by atoms with Crippen LogP contribution in [0.4, 0.5) is 0 Å². The van der Waals surface area contributed by atoms with Crippen LogP contribution in [0.25, 0.3) is 0 Å². The van der Waals surface area contributed by atoms with Gasteiger partial charge in [-0.15, -0.1) is 0 Å². The predicted molar refractivity (Wildman–Crippen MR) is 73.2 cm³/mol. The first kappa shape index (κ1) is 15.0. The molecule has 1 aliphatic rings. The van der Waals surface area contributed by atoms with Crippen LogP contribution >= 0.6 is 0 Å². The molecule has 0 amide bonds. The zero-order chi connectivity index (χ0) is 14.4. The van der Waals surface area contributed by atoms with E-state index in [0.717, 1.165) is 37.9 Å². The molecule has 6 nitrogen and oxygen atoms in total. The average molecular weight is 281 g/mol. The minimum Gasteiger partial charge on any atom is -0.480 e. The molecule has 1 fully saturated rings. The number of hydrogen-bond acceptors (Lipinski definition) is 5. The molecule has 0 aromatic carbocycles. The number of aromatic nitrogens is 2. The zero-order valence-electron chi connectivity index (χ0n) is 12.0. The van der Waals surface area contributed by atoms with Gasteiger partial charge in [0.05, 0.1) is 13.1 Å². The number of carboxylic acid groups (broad SMARTS) is 1. The van der Waals surface area contributed by atoms with Crippen LogP contribution in [0.5, 0.6) is 0 Å². The van der Waals surface area contributed by atoms with Gasteiger partial charge in [0, 0.05) is 12.5 Å². The number of unbranched alkanes of at least 4 members (excludes halogenated alkanes) is 1. The van der Waals surface area contributed by atoms with Crippen molar-refractivity contribution in [3.8, 4) is 0 Å². The number of nitrogens with zero attached hydrogens (tertiary/aromatic N) is 3. The molecule has 112 valence electrons. The molecule has 0 radical (unpaired) electrons. The van der Waals surface area contributed by atoms with Gasteiger partial charge < -0.3 is 9.63 Å². The second kappa shape index (κ2) is 7.38. The Morgan fingerprint density at radius 2 is 2.20 bits per heavy atom. The first-order valence-corrected chi connectivity index (χ1v) is 7.46. The molecule has 0 saturated heterocycles. The van der Waals surface area contributed by atoms with Crippen LogP contribution in [0, 0.1) is 0 Å². The highest BCUT2D eigenvalue weighted by Crippen LogP contribution is 2.24. The van der Waals surface area contributed by atoms with E-state index in [2.05, 4.69) is 17.1 Å². The smallest absolute Gasteiger partial charge is 0.317 e. The highest BCUT2D eigenvalue weighted by atomic mass is 16.5. The van der Waals surface area contributed by atoms with Crippen molar-refractivity contribution in [1.82, 2.24) is 15.0 Å². The lowest BCUT2D eigenvalue weighted by molar-refractivity contribution is -0.139. The summed E-state index contributed by atoms with van der Waals surface area (Å²) in [5.74, 6) is 0.454. The van der Waals surface area contributed by atoms with Gasteiger partial charge in [0.25, 0.3) is 0 Å². The number of aliphatic carboxylic acids is 1. The van der Waals surface area contributed by atoms with Crippen LogP contribution in [0.3, 0.4) is 0 Å². The summed E-state index contributed by atoms with van der Waals surface area (Å²) < 4.78 is 5.24. The fraction of sp³-hybridized carbons (Fsp3) is 0.786. The predicted octanol–water partition coefficient (Wildman–Crippen LogP) is 2.24. The summed E-state index contributed by atoms with van der Waals surface area (Å²) in [5, 5.41) is 13.0. The van der Waals surface area contributed by atoms with Gasteiger partial charge in [-0.3, -0.25) is 9.69 Å². The van der Waals surface area contributed by atoms with Gasteiger partial charge in [-0.2, -0.15) is 4.98 Å². The van der Waals surface area contributed by atoms with Gasteiger partial charge in [0.1, 0.15) is 0 Å². The van der Waals surface area contributed by atoms with Gasteiger partial charge in [-0.25, -0.2) is 0 Å². The molecule has 0 aliphatic heterocycles. The van der Waals surface area contributed by atoms with Crippen molar-refractivity contribution in [2.75, 3.05) is 6.54 Å². The summed E-state index contributed by atoms with van der Waals surface area (Å²) in [5.41, 5.74) is 0. The Morgan fingerprint density at radius 3 is 2.85 bits per heavy atom. The van der Waals surface area contributed by atoms with E-state index in [0.29, 0.717) is 18.5 Å². The third-order valence-corrected chi connectivity index (χ3v) is 3.78. The number of carbonyl (C=O) groups is 1. The minimum atomic E-state index is -0.803. The molecule has 0 atom stereocenters. The highest BCUT2D eigenvalue weighted by molar-refractivity contribution is 5.69. The van der Waals surface area contributed by atoms with Gasteiger partial charge >= 0.3 is 5.97 Å². The van der Waals surface area contributed by atoms with E-state index in [-0.39, 0.29) is 6.54 Å². The molecule has 0 unspecified atom stereocenters. The summed E-state index contributed by atoms with van der Waals surface area (Å²) in [6.07, 6.45) is 7.42. The Balaban J connectivity index is 1.95. The normalized spacial score (nSPS) is 16.1. The van der Waals surface area contributed by atoms with Crippen molar-refractivity contribution in [3.05, 3.63) is 11.7 Å². The van der Waals surface area contributed by atoms with E-state index in [1.807, 2.05) is 4.90 Å². The van der Waals surface area contributed by atoms with Gasteiger partial charge in [0.2, 0.25) is 5.89 Å². The van der Waals surface area contributed by atoms with Crippen molar-refractivity contribution in [2.24, 2.45) is 0 Å². The molecule has 0 bridgehead atoms. The molecule has 1 aromatic rings. The van der Waals surface area contributed by atoms with Crippen molar-refractivity contribution >= 4 is 5.97 Å². The Hall–Kier alpha value is -1.43. The molecule has 2 rings (SSSR count). The Bertz CT molecular complexity index is 427. The molecule has 1 heterocycles. The molecule has 1 saturated carbocycles. The first-order chi connectivity index (χ1) is 9.69. The molecule has 1 N–H and O–H groups in total. The summed E-state index contributed by atoms with van der Waals surface area (Å²) in [6.45, 7) is 2.60. The van der Waals surface area contributed by atoms with Crippen molar-refractivity contribution < 1.29 is 14.4 Å². The maximum atomic E-state index is 11.0. The number of carboxylic acids is 1. The molecular formula is C14H23N3O3. The van der Waals surface area contributed by atoms with Crippen LogP contribution in [0.1, 0.15) is 57.2 Å². The lowest BCUT2D eigenvalue weighted by atomic mass is 10.2. The average Bonchev–Trinajstić information content (AvgIpc) is 3.06. The summed E-state index contributed by atoms with van der Waals surface area (Å²) in [4.78, 5) is 17.3. The molecule has 1 aromatic heterocycles. The van der Waals surface area contributed by atoms with Crippen LogP contribution in [0.2, 0.25) is 0 Å². The summed E-state index contributed by atoms with van der Waals surface area (Å²) in [6, 6.07) is 0.331. The zero-order valence-corrected chi connectivity index (χ0v) is 12.0. The maximum Gasteiger partial charge on any atom is 0.317 e. The first-order valence-electron chi connectivity index (χ1n) is 7.46. The van der Waals surface area contributed by atoms with Crippen LogP contribution in [0.15, 0.2) is 4.52 Å². The van der Waals surface area contributed by atoms with Crippen molar-refractivity contribution in [1.29, 1.82) is 0 Å². The van der Waals surface area contributed by atoms with E-state index >= 15 is 0 Å². The fourth-order valence-corrected chi connectivity index (χ4v) is 2.72. The molecule has 0 spiro atoms. The minimum absolute atomic E-state index is 0.0390. The fourth-order valence-electron chi connectivity index (χ4n) is 2.72. The maximum absolute atomic E-state index is 11.0. The van der Waals surface area contributed by atoms with Crippen LogP contribution in [-0.2, 0) is 17.8 Å². The van der Waals surface area contributed by atoms with E-state index < -0.39 is 5.97 Å². The Labute approximate surface area is 119 Å². The number of aryl methyl sites for hydroxylation is 1. The quantitative estimate of drug-likeness (QED) is 0.787. The second-order valence-electron chi connectivity index (χ2n) is 5.44. The van der Waals surface area contributed by atoms with Crippen molar-refractivity contribution in [3.63, 3.8) is 0 Å². The van der Waals surface area contributed by atoms with Gasteiger partial charge in [-0.05, 0) is 19.3 Å². The monoisotopic (exact) mass is 281 g/mol. The SMILES string of the molecule is CCCCc1noc(CN(CC(=O)O)C2CCCC2)n1. The second-order valence-corrected chi connectivity index (χ2v) is 5.44. The summed E-state index contributed by atoms with van der Waals surface area (Å²) >= 11 is 0. The highest BCUT2D eigenvalue weighted by Gasteiger charge is 2.26. The third kappa shape index (κ3) is 4.30. The topological polar surface area (TPSA) is 79.5 Å². The standard InChI is InChI=1S/C14H23N3O3/c1-2-3-8-12-15-13(20-16-12)9-17(10-14(18)19)11-6-4-5-7-11/h11H,2-10H2,1H3,(H,18,19). The van der Waals surface area contributed by atoms with Crippen molar-refractivity contribution in [2.45, 2.75) is 64.5 Å². The lowest BCUT2D eigenvalue weighted by Crippen LogP contribution is -2.37. The number of rotatable bonds is 8. The molecule has 6 heteroatoms. The van der Waals surface area contributed by atoms with E-state index in [1.54, 1.807) is 0 Å². The number of hydrogen-bond donors (Lipinski definition) is 1. The van der Waals surface area contributed by atoms with E-state index in [4.69, 9.17) is 9.63 Å². The van der Waals surface area contributed by atoms with Crippen LogP contribution < -0.4 is 0 Å². The molecular weight excluding hydrogens is 258 g/mol. The van der Waals surface area contributed by atoms with E-state index in [1.165, 1.54) is 12.8 Å². The third-order valence-electron chi connectivity index (χ3n) is 3.78.